The van der Waals surface area contributed by atoms with Gasteiger partial charge in [-0.25, -0.2) is 4.98 Å². The molecule has 0 saturated heterocycles. The molecule has 0 bridgehead atoms. The van der Waals surface area contributed by atoms with Crippen LogP contribution in [0.4, 0.5) is 11.8 Å². The van der Waals surface area contributed by atoms with E-state index in [1.165, 1.54) is 0 Å². The fourth-order valence-corrected chi connectivity index (χ4v) is 5.21. The van der Waals surface area contributed by atoms with Gasteiger partial charge < -0.3 is 20.1 Å². The third kappa shape index (κ3) is 5.00. The van der Waals surface area contributed by atoms with Gasteiger partial charge in [-0.3, -0.25) is 4.79 Å². The molecule has 1 aliphatic rings. The molecule has 7 nitrogen and oxygen atoms in total. The molecule has 0 aliphatic heterocycles. The number of nitrogens with one attached hydrogen (secondary N) is 2. The van der Waals surface area contributed by atoms with Crippen molar-refractivity contribution in [3.05, 3.63) is 60.3 Å². The number of anilines is 2. The molecular formula is C28H34N6O. The van der Waals surface area contributed by atoms with E-state index in [9.17, 15) is 4.79 Å². The van der Waals surface area contributed by atoms with E-state index in [0.29, 0.717) is 24.5 Å². The summed E-state index contributed by atoms with van der Waals surface area (Å²) in [6.45, 7) is 1.25. The first kappa shape index (κ1) is 23.3. The van der Waals surface area contributed by atoms with Gasteiger partial charge in [0.1, 0.15) is 5.82 Å². The smallest absolute Gasteiger partial charge is 0.225 e. The minimum atomic E-state index is 0.155. The molecule has 5 rings (SSSR count). The van der Waals surface area contributed by atoms with Crippen LogP contribution in [0.1, 0.15) is 36.0 Å². The summed E-state index contributed by atoms with van der Waals surface area (Å²) in [5.74, 6) is 2.38. The SMILES string of the molecule is CN(C)c1nc(NC2CCC(CNCC(=O)c3cn(C)c4ccccc34)CC2)nc2ccccc12. The average molecular weight is 471 g/mol. The molecule has 1 fully saturated rings. The highest BCUT2D eigenvalue weighted by Crippen LogP contribution is 2.28. The van der Waals surface area contributed by atoms with Gasteiger partial charge in [-0.05, 0) is 56.3 Å². The Labute approximate surface area is 206 Å². The summed E-state index contributed by atoms with van der Waals surface area (Å²) in [5, 5.41) is 9.10. The molecule has 35 heavy (non-hydrogen) atoms. The largest absolute Gasteiger partial charge is 0.362 e. The van der Waals surface area contributed by atoms with Gasteiger partial charge in [-0.1, -0.05) is 30.3 Å². The Morgan fingerprint density at radius 3 is 2.49 bits per heavy atom. The Kier molecular flexibility index (Phi) is 6.68. The number of rotatable bonds is 8. The van der Waals surface area contributed by atoms with Crippen LogP contribution < -0.4 is 15.5 Å². The van der Waals surface area contributed by atoms with Crippen LogP contribution in [-0.2, 0) is 7.05 Å². The van der Waals surface area contributed by atoms with Crippen LogP contribution in [0, 0.1) is 5.92 Å². The molecule has 2 aromatic carbocycles. The average Bonchev–Trinajstić information content (AvgIpc) is 3.21. The van der Waals surface area contributed by atoms with Gasteiger partial charge in [0.15, 0.2) is 5.78 Å². The first-order valence-electron chi connectivity index (χ1n) is 12.5. The van der Waals surface area contributed by atoms with Gasteiger partial charge >= 0.3 is 0 Å². The number of aromatic nitrogens is 3. The Bertz CT molecular complexity index is 1340. The molecular weight excluding hydrogens is 436 g/mol. The van der Waals surface area contributed by atoms with Crippen LogP contribution in [0.25, 0.3) is 21.8 Å². The number of aryl methyl sites for hydroxylation is 1. The fourth-order valence-electron chi connectivity index (χ4n) is 5.21. The lowest BCUT2D eigenvalue weighted by Crippen LogP contribution is -2.33. The lowest BCUT2D eigenvalue weighted by Gasteiger charge is -2.29. The van der Waals surface area contributed by atoms with Crippen molar-refractivity contribution in [3.8, 4) is 0 Å². The van der Waals surface area contributed by atoms with Crippen LogP contribution in [-0.4, -0.2) is 53.5 Å². The number of Topliss-reactive ketones (excluding diaryl/α,β-unsaturated/α-hetero) is 1. The van der Waals surface area contributed by atoms with Crippen LogP contribution in [0.15, 0.2) is 54.7 Å². The number of fused-ring (bicyclic) bond motifs is 2. The van der Waals surface area contributed by atoms with E-state index in [1.807, 2.05) is 73.2 Å². The lowest BCUT2D eigenvalue weighted by molar-refractivity contribution is 0.0990. The Hall–Kier alpha value is -3.45. The molecule has 2 heterocycles. The van der Waals surface area contributed by atoms with Crippen molar-refractivity contribution in [3.63, 3.8) is 0 Å². The van der Waals surface area contributed by atoms with Gasteiger partial charge in [0, 0.05) is 55.2 Å². The molecule has 0 spiro atoms. The third-order valence-electron chi connectivity index (χ3n) is 7.10. The predicted molar refractivity (Wildman–Crippen MR) is 143 cm³/mol. The first-order valence-corrected chi connectivity index (χ1v) is 12.5. The molecule has 2 aromatic heterocycles. The number of hydrogen-bond acceptors (Lipinski definition) is 6. The summed E-state index contributed by atoms with van der Waals surface area (Å²) in [6, 6.07) is 16.6. The molecule has 7 heteroatoms. The summed E-state index contributed by atoms with van der Waals surface area (Å²) >= 11 is 0. The van der Waals surface area contributed by atoms with Crippen LogP contribution in [0.5, 0.6) is 0 Å². The summed E-state index contributed by atoms with van der Waals surface area (Å²) in [5.41, 5.74) is 2.85. The zero-order chi connectivity index (χ0) is 24.4. The maximum absolute atomic E-state index is 12.8. The summed E-state index contributed by atoms with van der Waals surface area (Å²) in [6.07, 6.45) is 6.36. The maximum Gasteiger partial charge on any atom is 0.225 e. The Morgan fingerprint density at radius 1 is 1.00 bits per heavy atom. The first-order chi connectivity index (χ1) is 17.0. The van der Waals surface area contributed by atoms with E-state index < -0.39 is 0 Å². The number of ketones is 1. The molecule has 2 N–H and O–H groups in total. The molecule has 0 unspecified atom stereocenters. The topological polar surface area (TPSA) is 75.1 Å². The molecule has 1 saturated carbocycles. The zero-order valence-electron chi connectivity index (χ0n) is 20.8. The summed E-state index contributed by atoms with van der Waals surface area (Å²) in [4.78, 5) is 24.4. The number of nitrogens with zero attached hydrogens (tertiary/aromatic N) is 4. The van der Waals surface area contributed by atoms with Gasteiger partial charge in [-0.15, -0.1) is 0 Å². The minimum absolute atomic E-state index is 0.155. The van der Waals surface area contributed by atoms with Crippen molar-refractivity contribution < 1.29 is 4.79 Å². The standard InChI is InChI=1S/C28H34N6O/c1-33(2)27-22-9-4-6-10-24(22)31-28(32-27)30-20-14-12-19(13-15-20)16-29-17-26(35)23-18-34(3)25-11-7-5-8-21(23)25/h4-11,18-20,29H,12-17H2,1-3H3,(H,30,31,32). The van der Waals surface area contributed by atoms with Crippen molar-refractivity contribution in [2.45, 2.75) is 31.7 Å². The number of hydrogen-bond donors (Lipinski definition) is 2. The van der Waals surface area contributed by atoms with E-state index in [-0.39, 0.29) is 5.78 Å². The predicted octanol–water partition coefficient (Wildman–Crippen LogP) is 4.63. The van der Waals surface area contributed by atoms with Gasteiger partial charge in [-0.2, -0.15) is 4.98 Å². The molecule has 4 aromatic rings. The van der Waals surface area contributed by atoms with Crippen LogP contribution in [0.3, 0.4) is 0 Å². The molecule has 0 atom stereocenters. The highest BCUT2D eigenvalue weighted by Gasteiger charge is 2.23. The van der Waals surface area contributed by atoms with E-state index in [2.05, 4.69) is 22.8 Å². The van der Waals surface area contributed by atoms with Gasteiger partial charge in [0.2, 0.25) is 5.95 Å². The minimum Gasteiger partial charge on any atom is -0.362 e. The Balaban J connectivity index is 1.13. The van der Waals surface area contributed by atoms with Crippen molar-refractivity contribution in [1.29, 1.82) is 0 Å². The number of benzene rings is 2. The second-order valence-corrected chi connectivity index (χ2v) is 9.87. The molecule has 182 valence electrons. The lowest BCUT2D eigenvalue weighted by atomic mass is 9.86. The second kappa shape index (κ2) is 10.0. The summed E-state index contributed by atoms with van der Waals surface area (Å²) < 4.78 is 2.03. The Morgan fingerprint density at radius 2 is 1.71 bits per heavy atom. The number of para-hydroxylation sites is 2. The van der Waals surface area contributed by atoms with E-state index >= 15 is 0 Å². The molecule has 1 aliphatic carbocycles. The van der Waals surface area contributed by atoms with Gasteiger partial charge in [0.05, 0.1) is 12.1 Å². The third-order valence-corrected chi connectivity index (χ3v) is 7.10. The van der Waals surface area contributed by atoms with Gasteiger partial charge in [0.25, 0.3) is 0 Å². The van der Waals surface area contributed by atoms with Crippen molar-refractivity contribution in [2.24, 2.45) is 13.0 Å². The maximum atomic E-state index is 12.8. The van der Waals surface area contributed by atoms with Crippen molar-refractivity contribution in [2.75, 3.05) is 37.4 Å². The van der Waals surface area contributed by atoms with Crippen molar-refractivity contribution in [1.82, 2.24) is 19.9 Å². The zero-order valence-corrected chi connectivity index (χ0v) is 20.8. The molecule has 0 amide bonds. The summed E-state index contributed by atoms with van der Waals surface area (Å²) in [7, 11) is 6.02. The highest BCUT2D eigenvalue weighted by atomic mass is 16.1. The van der Waals surface area contributed by atoms with E-state index in [4.69, 9.17) is 9.97 Å². The van der Waals surface area contributed by atoms with Crippen LogP contribution >= 0.6 is 0 Å². The van der Waals surface area contributed by atoms with E-state index in [1.54, 1.807) is 0 Å². The second-order valence-electron chi connectivity index (χ2n) is 9.87. The number of carbonyl (C=O) groups is 1. The highest BCUT2D eigenvalue weighted by molar-refractivity contribution is 6.09. The monoisotopic (exact) mass is 470 g/mol. The molecule has 0 radical (unpaired) electrons. The van der Waals surface area contributed by atoms with Crippen LogP contribution in [0.2, 0.25) is 0 Å². The normalized spacial score (nSPS) is 18.1. The van der Waals surface area contributed by atoms with Crippen molar-refractivity contribution >= 4 is 39.4 Å². The number of carbonyl (C=O) groups excluding carboxylic acids is 1. The quantitative estimate of drug-likeness (QED) is 0.366. The fraction of sp³-hybridized carbons (Fsp3) is 0.393. The van der Waals surface area contributed by atoms with E-state index in [0.717, 1.165) is 65.4 Å².